The van der Waals surface area contributed by atoms with Crippen molar-refractivity contribution in [3.8, 4) is 11.3 Å². The van der Waals surface area contributed by atoms with Crippen molar-refractivity contribution in [1.29, 1.82) is 0 Å². The molecule has 124 valence electrons. The van der Waals surface area contributed by atoms with Crippen molar-refractivity contribution in [3.63, 3.8) is 0 Å². The number of rotatable bonds is 3. The molecule has 23 heavy (non-hydrogen) atoms. The Morgan fingerprint density at radius 1 is 1.26 bits per heavy atom. The summed E-state index contributed by atoms with van der Waals surface area (Å²) in [5.74, 6) is 0.249. The maximum Gasteiger partial charge on any atom is 0.292 e. The Kier molecular flexibility index (Phi) is 5.80. The normalized spacial score (nSPS) is 15.3. The van der Waals surface area contributed by atoms with Crippen molar-refractivity contribution in [3.05, 3.63) is 41.7 Å². The molecule has 1 amide bonds. The molecule has 0 atom stereocenters. The van der Waals surface area contributed by atoms with Crippen molar-refractivity contribution in [2.24, 2.45) is 0 Å². The number of carbonyl (C=O) groups is 1. The average Bonchev–Trinajstić information content (AvgIpc) is 3.05. The molecule has 1 fully saturated rings. The van der Waals surface area contributed by atoms with Gasteiger partial charge in [-0.15, -0.1) is 12.4 Å². The minimum absolute atomic E-state index is 0. The van der Waals surface area contributed by atoms with Crippen LogP contribution in [-0.4, -0.2) is 42.1 Å². The molecule has 1 aliphatic heterocycles. The maximum absolute atomic E-state index is 12.5. The van der Waals surface area contributed by atoms with Gasteiger partial charge in [-0.25, -0.2) is 0 Å². The molecule has 5 nitrogen and oxygen atoms in total. The van der Waals surface area contributed by atoms with E-state index < -0.39 is 0 Å². The van der Waals surface area contributed by atoms with E-state index in [9.17, 15) is 4.79 Å². The van der Waals surface area contributed by atoms with Gasteiger partial charge in [-0.05, 0) is 26.8 Å². The molecule has 2 aromatic rings. The van der Waals surface area contributed by atoms with Gasteiger partial charge in [0.1, 0.15) is 5.69 Å². The standard InChI is InChI=1S/C17H21N3O2.ClH/c1-12-3-5-13(6-4-12)15-11-16(22-19-15)17(21)20-9-7-14(18-2)8-10-20;/h3-6,11,14,18H,7-10H2,1-2H3;1H. The number of likely N-dealkylation sites (tertiary alicyclic amines) is 1. The Bertz CT molecular complexity index is 646. The zero-order chi connectivity index (χ0) is 15.5. The summed E-state index contributed by atoms with van der Waals surface area (Å²) in [7, 11) is 1.96. The van der Waals surface area contributed by atoms with Gasteiger partial charge >= 0.3 is 0 Å². The zero-order valence-electron chi connectivity index (χ0n) is 13.4. The van der Waals surface area contributed by atoms with Crippen molar-refractivity contribution >= 4 is 18.3 Å². The molecular formula is C17H22ClN3O2. The Hall–Kier alpha value is -1.85. The summed E-state index contributed by atoms with van der Waals surface area (Å²) in [6, 6.07) is 10.3. The van der Waals surface area contributed by atoms with E-state index in [2.05, 4.69) is 10.5 Å². The van der Waals surface area contributed by atoms with Crippen LogP contribution < -0.4 is 5.32 Å². The van der Waals surface area contributed by atoms with E-state index in [4.69, 9.17) is 4.52 Å². The van der Waals surface area contributed by atoms with Gasteiger partial charge in [-0.3, -0.25) is 4.79 Å². The minimum atomic E-state index is -0.0691. The molecule has 1 aromatic heterocycles. The molecule has 6 heteroatoms. The summed E-state index contributed by atoms with van der Waals surface area (Å²) < 4.78 is 5.26. The molecular weight excluding hydrogens is 314 g/mol. The molecule has 0 saturated carbocycles. The highest BCUT2D eigenvalue weighted by atomic mass is 35.5. The molecule has 1 aliphatic rings. The Morgan fingerprint density at radius 3 is 2.52 bits per heavy atom. The lowest BCUT2D eigenvalue weighted by atomic mass is 10.0. The van der Waals surface area contributed by atoms with Gasteiger partial charge in [0.05, 0.1) is 0 Å². The SMILES string of the molecule is CNC1CCN(C(=O)c2cc(-c3ccc(C)cc3)no2)CC1.Cl. The molecule has 3 rings (SSSR count). The lowest BCUT2D eigenvalue weighted by Crippen LogP contribution is -2.43. The molecule has 0 unspecified atom stereocenters. The first kappa shape index (κ1) is 17.5. The average molecular weight is 336 g/mol. The van der Waals surface area contributed by atoms with Crippen LogP contribution in [0.1, 0.15) is 29.0 Å². The van der Waals surface area contributed by atoms with Crippen molar-refractivity contribution in [2.75, 3.05) is 20.1 Å². The zero-order valence-corrected chi connectivity index (χ0v) is 14.2. The monoisotopic (exact) mass is 335 g/mol. The summed E-state index contributed by atoms with van der Waals surface area (Å²) in [6.07, 6.45) is 1.95. The van der Waals surface area contributed by atoms with Crippen molar-refractivity contribution in [2.45, 2.75) is 25.8 Å². The number of nitrogens with zero attached hydrogens (tertiary/aromatic N) is 2. The third kappa shape index (κ3) is 3.92. The quantitative estimate of drug-likeness (QED) is 0.937. The minimum Gasteiger partial charge on any atom is -0.350 e. The fourth-order valence-corrected chi connectivity index (χ4v) is 2.76. The highest BCUT2D eigenvalue weighted by molar-refractivity contribution is 5.92. The van der Waals surface area contributed by atoms with Crippen LogP contribution in [-0.2, 0) is 0 Å². The third-order valence-electron chi connectivity index (χ3n) is 4.26. The van der Waals surface area contributed by atoms with E-state index >= 15 is 0 Å². The fraction of sp³-hybridized carbons (Fsp3) is 0.412. The van der Waals surface area contributed by atoms with E-state index in [0.29, 0.717) is 17.5 Å². The number of carbonyl (C=O) groups excluding carboxylic acids is 1. The molecule has 1 saturated heterocycles. The molecule has 1 N–H and O–H groups in total. The molecule has 0 radical (unpaired) electrons. The van der Waals surface area contributed by atoms with E-state index in [1.54, 1.807) is 6.07 Å². The van der Waals surface area contributed by atoms with Crippen molar-refractivity contribution in [1.82, 2.24) is 15.4 Å². The van der Waals surface area contributed by atoms with E-state index in [-0.39, 0.29) is 18.3 Å². The van der Waals surface area contributed by atoms with Crippen LogP contribution >= 0.6 is 12.4 Å². The van der Waals surface area contributed by atoms with Crippen LogP contribution in [0.5, 0.6) is 0 Å². The van der Waals surface area contributed by atoms with Crippen LogP contribution in [0.4, 0.5) is 0 Å². The largest absolute Gasteiger partial charge is 0.350 e. The van der Waals surface area contributed by atoms with Gasteiger partial charge in [-0.1, -0.05) is 35.0 Å². The number of amides is 1. The van der Waals surface area contributed by atoms with Gasteiger partial charge in [0, 0.05) is 30.8 Å². The maximum atomic E-state index is 12.5. The van der Waals surface area contributed by atoms with Gasteiger partial charge in [-0.2, -0.15) is 0 Å². The van der Waals surface area contributed by atoms with Crippen LogP contribution in [0.15, 0.2) is 34.9 Å². The smallest absolute Gasteiger partial charge is 0.292 e. The number of benzene rings is 1. The van der Waals surface area contributed by atoms with Crippen LogP contribution in [0, 0.1) is 6.92 Å². The second-order valence-corrected chi connectivity index (χ2v) is 5.80. The van der Waals surface area contributed by atoms with Crippen LogP contribution in [0.2, 0.25) is 0 Å². The number of halogens is 1. The first-order chi connectivity index (χ1) is 10.7. The van der Waals surface area contributed by atoms with Gasteiger partial charge in [0.15, 0.2) is 0 Å². The van der Waals surface area contributed by atoms with E-state index in [1.165, 1.54) is 5.56 Å². The lowest BCUT2D eigenvalue weighted by Gasteiger charge is -2.31. The second kappa shape index (κ2) is 7.62. The van der Waals surface area contributed by atoms with Gasteiger partial charge in [0.2, 0.25) is 5.76 Å². The lowest BCUT2D eigenvalue weighted by molar-refractivity contribution is 0.0665. The van der Waals surface area contributed by atoms with Gasteiger partial charge < -0.3 is 14.7 Å². The third-order valence-corrected chi connectivity index (χ3v) is 4.26. The predicted octanol–water partition coefficient (Wildman–Crippen LogP) is 2.90. The molecule has 0 bridgehead atoms. The number of hydrogen-bond donors (Lipinski definition) is 1. The number of nitrogens with one attached hydrogen (secondary N) is 1. The van der Waals surface area contributed by atoms with Crippen LogP contribution in [0.25, 0.3) is 11.3 Å². The first-order valence-electron chi connectivity index (χ1n) is 7.67. The summed E-state index contributed by atoms with van der Waals surface area (Å²) in [5.41, 5.74) is 2.85. The Labute approximate surface area is 142 Å². The topological polar surface area (TPSA) is 58.4 Å². The van der Waals surface area contributed by atoms with E-state index in [0.717, 1.165) is 31.5 Å². The van der Waals surface area contributed by atoms with Gasteiger partial charge in [0.25, 0.3) is 5.91 Å². The predicted molar refractivity (Wildman–Crippen MR) is 91.9 cm³/mol. The highest BCUT2D eigenvalue weighted by Crippen LogP contribution is 2.21. The van der Waals surface area contributed by atoms with Crippen LogP contribution in [0.3, 0.4) is 0 Å². The molecule has 0 aliphatic carbocycles. The number of piperidine rings is 1. The summed E-state index contributed by atoms with van der Waals surface area (Å²) in [6.45, 7) is 3.55. The first-order valence-corrected chi connectivity index (χ1v) is 7.67. The number of aromatic nitrogens is 1. The van der Waals surface area contributed by atoms with E-state index in [1.807, 2.05) is 43.1 Å². The summed E-state index contributed by atoms with van der Waals surface area (Å²) in [4.78, 5) is 14.3. The molecule has 0 spiro atoms. The Balaban J connectivity index is 0.00000192. The summed E-state index contributed by atoms with van der Waals surface area (Å²) in [5, 5.41) is 7.29. The number of hydrogen-bond acceptors (Lipinski definition) is 4. The number of aryl methyl sites for hydroxylation is 1. The second-order valence-electron chi connectivity index (χ2n) is 5.80. The van der Waals surface area contributed by atoms with Crippen molar-refractivity contribution < 1.29 is 9.32 Å². The summed E-state index contributed by atoms with van der Waals surface area (Å²) >= 11 is 0. The fourth-order valence-electron chi connectivity index (χ4n) is 2.76. The molecule has 1 aromatic carbocycles. The Morgan fingerprint density at radius 2 is 1.91 bits per heavy atom. The highest BCUT2D eigenvalue weighted by Gasteiger charge is 2.25. The molecule has 2 heterocycles.